The number of carbonyl (C=O) groups excluding carboxylic acids is 1. The number of nitrogens with one attached hydrogen (secondary N) is 1. The molecular formula is C14H15N2O5P. The van der Waals surface area contributed by atoms with Crippen LogP contribution in [0.2, 0.25) is 0 Å². The molecule has 0 atom stereocenters. The number of nitrogens with zero attached hydrogens (tertiary/aromatic N) is 1. The van der Waals surface area contributed by atoms with Crippen LogP contribution in [0.4, 0.5) is 0 Å². The molecule has 1 aliphatic heterocycles. The number of hydrogen-bond acceptors (Lipinski definition) is 6. The molecule has 2 heterocycles. The molecule has 1 saturated heterocycles. The SMILES string of the molecule is O=C(CCc1cnoc1-c1ccccc1)NP1(=O)OCCO1. The van der Waals surface area contributed by atoms with E-state index in [1.165, 1.54) is 0 Å². The van der Waals surface area contributed by atoms with Gasteiger partial charge in [-0.1, -0.05) is 35.5 Å². The van der Waals surface area contributed by atoms with Gasteiger partial charge < -0.3 is 4.52 Å². The van der Waals surface area contributed by atoms with Gasteiger partial charge in [0, 0.05) is 17.5 Å². The second-order valence-electron chi connectivity index (χ2n) is 4.75. The van der Waals surface area contributed by atoms with E-state index >= 15 is 0 Å². The summed E-state index contributed by atoms with van der Waals surface area (Å²) in [6, 6.07) is 9.51. The predicted octanol–water partition coefficient (Wildman–Crippen LogP) is 2.55. The summed E-state index contributed by atoms with van der Waals surface area (Å²) in [7, 11) is -3.44. The highest BCUT2D eigenvalue weighted by Gasteiger charge is 2.32. The lowest BCUT2D eigenvalue weighted by molar-refractivity contribution is -0.119. The Labute approximate surface area is 127 Å². The van der Waals surface area contributed by atoms with Crippen molar-refractivity contribution in [2.45, 2.75) is 12.8 Å². The molecule has 8 heteroatoms. The van der Waals surface area contributed by atoms with Crippen molar-refractivity contribution in [1.82, 2.24) is 10.2 Å². The van der Waals surface area contributed by atoms with Gasteiger partial charge >= 0.3 is 7.75 Å². The first-order valence-electron chi connectivity index (χ1n) is 6.85. The molecule has 3 rings (SSSR count). The lowest BCUT2D eigenvalue weighted by Crippen LogP contribution is -2.20. The van der Waals surface area contributed by atoms with Crippen LogP contribution >= 0.6 is 7.75 Å². The highest BCUT2D eigenvalue weighted by Crippen LogP contribution is 2.47. The second-order valence-corrected chi connectivity index (χ2v) is 6.48. The third kappa shape index (κ3) is 3.44. The van der Waals surface area contributed by atoms with E-state index in [9.17, 15) is 9.36 Å². The second kappa shape index (κ2) is 6.44. The Balaban J connectivity index is 1.62. The van der Waals surface area contributed by atoms with Crippen LogP contribution in [0, 0.1) is 0 Å². The van der Waals surface area contributed by atoms with Gasteiger partial charge in [0.2, 0.25) is 5.91 Å². The minimum atomic E-state index is -3.44. The van der Waals surface area contributed by atoms with Crippen LogP contribution < -0.4 is 5.09 Å². The monoisotopic (exact) mass is 322 g/mol. The van der Waals surface area contributed by atoms with Gasteiger partial charge in [0.25, 0.3) is 0 Å². The average molecular weight is 322 g/mol. The molecule has 0 aliphatic carbocycles. The molecule has 2 aromatic rings. The largest absolute Gasteiger partial charge is 0.435 e. The van der Waals surface area contributed by atoms with Crippen LogP contribution in [-0.4, -0.2) is 24.3 Å². The molecule has 0 saturated carbocycles. The maximum Gasteiger partial charge on any atom is 0.435 e. The summed E-state index contributed by atoms with van der Waals surface area (Å²) in [4.78, 5) is 11.9. The summed E-state index contributed by atoms with van der Waals surface area (Å²) in [6.45, 7) is 0.447. The van der Waals surface area contributed by atoms with E-state index in [1.54, 1.807) is 6.20 Å². The van der Waals surface area contributed by atoms with Crippen LogP contribution in [0.5, 0.6) is 0 Å². The summed E-state index contributed by atoms with van der Waals surface area (Å²) < 4.78 is 26.9. The van der Waals surface area contributed by atoms with E-state index in [4.69, 9.17) is 13.6 Å². The van der Waals surface area contributed by atoms with Crippen LogP contribution in [0.15, 0.2) is 41.1 Å². The van der Waals surface area contributed by atoms with E-state index in [1.807, 2.05) is 30.3 Å². The predicted molar refractivity (Wildman–Crippen MR) is 77.9 cm³/mol. The van der Waals surface area contributed by atoms with Gasteiger partial charge in [-0.25, -0.2) is 4.57 Å². The minimum absolute atomic E-state index is 0.137. The van der Waals surface area contributed by atoms with Gasteiger partial charge in [-0.2, -0.15) is 0 Å². The van der Waals surface area contributed by atoms with E-state index < -0.39 is 13.7 Å². The zero-order valence-electron chi connectivity index (χ0n) is 11.7. The number of aromatic nitrogens is 1. The van der Waals surface area contributed by atoms with Gasteiger partial charge in [0.1, 0.15) is 0 Å². The van der Waals surface area contributed by atoms with Crippen molar-refractivity contribution >= 4 is 13.7 Å². The van der Waals surface area contributed by atoms with Crippen LogP contribution in [-0.2, 0) is 24.8 Å². The molecule has 22 heavy (non-hydrogen) atoms. The molecule has 1 aromatic carbocycles. The van der Waals surface area contributed by atoms with Crippen molar-refractivity contribution in [2.24, 2.45) is 0 Å². The number of rotatable bonds is 5. The first-order valence-corrected chi connectivity index (χ1v) is 8.40. The van der Waals surface area contributed by atoms with Crippen molar-refractivity contribution in [2.75, 3.05) is 13.2 Å². The average Bonchev–Trinajstić information content (AvgIpc) is 3.15. The lowest BCUT2D eigenvalue weighted by atomic mass is 10.1. The first-order chi connectivity index (χ1) is 10.7. The van der Waals surface area contributed by atoms with Crippen LogP contribution in [0.3, 0.4) is 0 Å². The maximum absolute atomic E-state index is 11.9. The number of benzene rings is 1. The Morgan fingerprint density at radius 3 is 2.68 bits per heavy atom. The summed E-state index contributed by atoms with van der Waals surface area (Å²) in [5.74, 6) is 0.235. The molecule has 7 nitrogen and oxygen atoms in total. The molecule has 0 bridgehead atoms. The standard InChI is InChI=1S/C14H15N2O5P/c17-13(16-22(18)19-8-9-20-22)7-6-12-10-15-21-14(12)11-4-2-1-3-5-11/h1-5,10H,6-9H2,(H,16,17,18). The fourth-order valence-electron chi connectivity index (χ4n) is 2.14. The Kier molecular flexibility index (Phi) is 4.38. The minimum Gasteiger partial charge on any atom is -0.356 e. The van der Waals surface area contributed by atoms with Crippen molar-refractivity contribution in [1.29, 1.82) is 0 Å². The van der Waals surface area contributed by atoms with E-state index in [0.29, 0.717) is 12.2 Å². The number of amides is 1. The zero-order chi connectivity index (χ0) is 15.4. The van der Waals surface area contributed by atoms with E-state index in [2.05, 4.69) is 10.2 Å². The Morgan fingerprint density at radius 2 is 1.95 bits per heavy atom. The normalized spacial score (nSPS) is 16.5. The zero-order valence-corrected chi connectivity index (χ0v) is 12.6. The fourth-order valence-corrected chi connectivity index (χ4v) is 3.39. The smallest absolute Gasteiger partial charge is 0.356 e. The van der Waals surface area contributed by atoms with Gasteiger partial charge in [0.15, 0.2) is 5.76 Å². The highest BCUT2D eigenvalue weighted by molar-refractivity contribution is 7.52. The number of carbonyl (C=O) groups is 1. The van der Waals surface area contributed by atoms with E-state index in [-0.39, 0.29) is 19.6 Å². The summed E-state index contributed by atoms with van der Waals surface area (Å²) in [5, 5.41) is 6.08. The van der Waals surface area contributed by atoms with Crippen molar-refractivity contribution in [3.05, 3.63) is 42.1 Å². The Bertz CT molecular complexity index is 690. The van der Waals surface area contributed by atoms with Gasteiger partial charge in [-0.05, 0) is 6.42 Å². The highest BCUT2D eigenvalue weighted by atomic mass is 31.2. The van der Waals surface area contributed by atoms with Gasteiger partial charge in [-0.3, -0.25) is 18.9 Å². The molecule has 1 amide bonds. The van der Waals surface area contributed by atoms with E-state index in [0.717, 1.165) is 11.1 Å². The molecular weight excluding hydrogens is 307 g/mol. The molecule has 0 spiro atoms. The number of hydrogen-bond donors (Lipinski definition) is 1. The Morgan fingerprint density at radius 1 is 1.23 bits per heavy atom. The van der Waals surface area contributed by atoms with Gasteiger partial charge in [-0.15, -0.1) is 0 Å². The van der Waals surface area contributed by atoms with Crippen molar-refractivity contribution in [3.8, 4) is 11.3 Å². The third-order valence-electron chi connectivity index (χ3n) is 3.17. The molecule has 0 radical (unpaired) electrons. The van der Waals surface area contributed by atoms with Crippen LogP contribution in [0.25, 0.3) is 11.3 Å². The van der Waals surface area contributed by atoms with Crippen LogP contribution in [0.1, 0.15) is 12.0 Å². The first kappa shape index (κ1) is 15.0. The van der Waals surface area contributed by atoms with Crippen molar-refractivity contribution in [3.63, 3.8) is 0 Å². The topological polar surface area (TPSA) is 90.7 Å². The summed E-state index contributed by atoms with van der Waals surface area (Å²) in [5.41, 5.74) is 1.71. The Hall–Kier alpha value is -1.95. The molecule has 0 unspecified atom stereocenters. The molecule has 116 valence electrons. The number of aryl methyl sites for hydroxylation is 1. The quantitative estimate of drug-likeness (QED) is 0.851. The summed E-state index contributed by atoms with van der Waals surface area (Å²) in [6.07, 6.45) is 2.14. The third-order valence-corrected chi connectivity index (χ3v) is 4.74. The molecule has 1 fully saturated rings. The molecule has 1 aromatic heterocycles. The fraction of sp³-hybridized carbons (Fsp3) is 0.286. The van der Waals surface area contributed by atoms with Crippen molar-refractivity contribution < 1.29 is 22.9 Å². The molecule has 1 N–H and O–H groups in total. The van der Waals surface area contributed by atoms with Gasteiger partial charge in [0.05, 0.1) is 19.4 Å². The molecule has 1 aliphatic rings. The summed E-state index contributed by atoms with van der Waals surface area (Å²) >= 11 is 0. The lowest BCUT2D eigenvalue weighted by Gasteiger charge is -2.10. The maximum atomic E-state index is 11.9.